The molecular formula is C9H8FNO. The molecule has 1 aliphatic rings. The van der Waals surface area contributed by atoms with Crippen LogP contribution in [-0.4, -0.2) is 12.3 Å². The number of nitrogens with zero attached hydrogens (tertiary/aromatic N) is 1. The number of benzene rings is 1. The van der Waals surface area contributed by atoms with Crippen LogP contribution in [0.3, 0.4) is 0 Å². The van der Waals surface area contributed by atoms with Crippen molar-refractivity contribution in [3.05, 3.63) is 29.8 Å². The van der Waals surface area contributed by atoms with Gasteiger partial charge in [-0.05, 0) is 11.6 Å². The number of hydrogen-bond donors (Lipinski definition) is 0. The smallest absolute Gasteiger partial charge is 0.159 e. The second-order valence-corrected chi connectivity index (χ2v) is 2.86. The Kier molecular flexibility index (Phi) is 1.57. The Bertz CT molecular complexity index is 324. The maximum absolute atomic E-state index is 13.0. The summed E-state index contributed by atoms with van der Waals surface area (Å²) < 4.78 is 13.0. The minimum atomic E-state index is -0.114. The first-order valence-corrected chi connectivity index (χ1v) is 3.80. The fourth-order valence-electron chi connectivity index (χ4n) is 1.41. The van der Waals surface area contributed by atoms with Gasteiger partial charge in [0.2, 0.25) is 0 Å². The summed E-state index contributed by atoms with van der Waals surface area (Å²) in [5, 5.41) is 0.501. The molecule has 0 aromatic heterocycles. The van der Waals surface area contributed by atoms with Gasteiger partial charge in [0.15, 0.2) is 5.78 Å². The van der Waals surface area contributed by atoms with E-state index < -0.39 is 0 Å². The SMILES string of the molecule is O=C1Cc2ccccc2N(F)C1. The molecule has 1 heterocycles. The van der Waals surface area contributed by atoms with E-state index in [1.54, 1.807) is 18.2 Å². The summed E-state index contributed by atoms with van der Waals surface area (Å²) in [4.78, 5) is 11.0. The van der Waals surface area contributed by atoms with Crippen LogP contribution < -0.4 is 5.12 Å². The average Bonchev–Trinajstić information content (AvgIpc) is 2.04. The van der Waals surface area contributed by atoms with Gasteiger partial charge in [-0.2, -0.15) is 0 Å². The lowest BCUT2D eigenvalue weighted by Crippen LogP contribution is -2.29. The molecule has 0 fully saturated rings. The monoisotopic (exact) mass is 165 g/mol. The molecule has 2 nitrogen and oxygen atoms in total. The Hall–Kier alpha value is -1.38. The Balaban J connectivity index is 2.47. The summed E-state index contributed by atoms with van der Waals surface area (Å²) >= 11 is 0. The highest BCUT2D eigenvalue weighted by Crippen LogP contribution is 2.24. The first-order valence-electron chi connectivity index (χ1n) is 3.80. The van der Waals surface area contributed by atoms with Crippen molar-refractivity contribution in [3.8, 4) is 0 Å². The van der Waals surface area contributed by atoms with Crippen LogP contribution >= 0.6 is 0 Å². The average molecular weight is 165 g/mol. The van der Waals surface area contributed by atoms with Crippen molar-refractivity contribution >= 4 is 11.5 Å². The van der Waals surface area contributed by atoms with Gasteiger partial charge in [-0.15, -0.1) is 0 Å². The highest BCUT2D eigenvalue weighted by atomic mass is 19.2. The quantitative estimate of drug-likeness (QED) is 0.543. The van der Waals surface area contributed by atoms with Crippen molar-refractivity contribution in [2.24, 2.45) is 0 Å². The minimum Gasteiger partial charge on any atom is -0.297 e. The van der Waals surface area contributed by atoms with E-state index in [9.17, 15) is 9.28 Å². The van der Waals surface area contributed by atoms with Crippen LogP contribution in [0.15, 0.2) is 24.3 Å². The number of para-hydroxylation sites is 1. The van der Waals surface area contributed by atoms with Gasteiger partial charge in [-0.3, -0.25) is 4.79 Å². The number of Topliss-reactive ketones (excluding diaryl/α,β-unsaturated/α-hetero) is 1. The van der Waals surface area contributed by atoms with E-state index in [0.29, 0.717) is 17.2 Å². The summed E-state index contributed by atoms with van der Waals surface area (Å²) in [6, 6.07) is 7.03. The molecule has 0 spiro atoms. The molecular weight excluding hydrogens is 157 g/mol. The maximum Gasteiger partial charge on any atom is 0.159 e. The van der Waals surface area contributed by atoms with Crippen LogP contribution in [0.5, 0.6) is 0 Å². The fraction of sp³-hybridized carbons (Fsp3) is 0.222. The summed E-state index contributed by atoms with van der Waals surface area (Å²) in [7, 11) is 0. The molecule has 62 valence electrons. The molecule has 0 aliphatic carbocycles. The van der Waals surface area contributed by atoms with Gasteiger partial charge in [0, 0.05) is 6.42 Å². The molecule has 0 saturated heterocycles. The number of carbonyl (C=O) groups excluding carboxylic acids is 1. The predicted molar refractivity (Wildman–Crippen MR) is 43.6 cm³/mol. The number of rotatable bonds is 0. The first-order chi connectivity index (χ1) is 5.77. The molecule has 0 N–H and O–H groups in total. The summed E-state index contributed by atoms with van der Waals surface area (Å²) in [6.45, 7) is -0.114. The molecule has 1 aromatic carbocycles. The van der Waals surface area contributed by atoms with E-state index in [1.165, 1.54) is 0 Å². The van der Waals surface area contributed by atoms with E-state index >= 15 is 0 Å². The number of halogens is 1. The van der Waals surface area contributed by atoms with Crippen LogP contribution in [0.2, 0.25) is 0 Å². The van der Waals surface area contributed by atoms with Gasteiger partial charge in [-0.1, -0.05) is 22.7 Å². The third-order valence-electron chi connectivity index (χ3n) is 1.96. The third-order valence-corrected chi connectivity index (χ3v) is 1.96. The third kappa shape index (κ3) is 1.07. The van der Waals surface area contributed by atoms with Crippen LogP contribution in [0.4, 0.5) is 10.2 Å². The summed E-state index contributed by atoms with van der Waals surface area (Å²) in [5.41, 5.74) is 1.30. The highest BCUT2D eigenvalue weighted by Gasteiger charge is 2.21. The molecule has 0 saturated carbocycles. The Morgan fingerprint density at radius 1 is 1.33 bits per heavy atom. The molecule has 0 unspecified atom stereocenters. The van der Waals surface area contributed by atoms with Crippen molar-refractivity contribution in [1.29, 1.82) is 0 Å². The Morgan fingerprint density at radius 2 is 2.08 bits per heavy atom. The topological polar surface area (TPSA) is 20.3 Å². The summed E-state index contributed by atoms with van der Waals surface area (Å²) in [5.74, 6) is -0.0730. The lowest BCUT2D eigenvalue weighted by atomic mass is 10.0. The van der Waals surface area contributed by atoms with Gasteiger partial charge in [-0.25, -0.2) is 5.12 Å². The van der Waals surface area contributed by atoms with Crippen molar-refractivity contribution < 1.29 is 9.28 Å². The number of ketones is 1. The van der Waals surface area contributed by atoms with Gasteiger partial charge < -0.3 is 0 Å². The Labute approximate surface area is 69.5 Å². The molecule has 0 atom stereocenters. The van der Waals surface area contributed by atoms with E-state index in [1.807, 2.05) is 6.07 Å². The van der Waals surface area contributed by atoms with Crippen molar-refractivity contribution in [2.75, 3.05) is 11.7 Å². The van der Waals surface area contributed by atoms with E-state index in [0.717, 1.165) is 5.56 Å². The number of fused-ring (bicyclic) bond motifs is 1. The zero-order chi connectivity index (χ0) is 8.55. The molecule has 3 heteroatoms. The van der Waals surface area contributed by atoms with E-state index in [4.69, 9.17) is 0 Å². The zero-order valence-corrected chi connectivity index (χ0v) is 6.46. The largest absolute Gasteiger partial charge is 0.297 e. The van der Waals surface area contributed by atoms with Crippen molar-refractivity contribution in [2.45, 2.75) is 6.42 Å². The molecule has 1 aromatic rings. The van der Waals surface area contributed by atoms with Crippen LogP contribution in [-0.2, 0) is 11.2 Å². The van der Waals surface area contributed by atoms with E-state index in [-0.39, 0.29) is 12.3 Å². The normalized spacial score (nSPS) is 16.1. The van der Waals surface area contributed by atoms with Crippen molar-refractivity contribution in [3.63, 3.8) is 0 Å². The second-order valence-electron chi connectivity index (χ2n) is 2.86. The molecule has 0 radical (unpaired) electrons. The van der Waals surface area contributed by atoms with Gasteiger partial charge in [0.05, 0.1) is 5.69 Å². The van der Waals surface area contributed by atoms with Crippen LogP contribution in [0.25, 0.3) is 0 Å². The molecule has 0 amide bonds. The van der Waals surface area contributed by atoms with Crippen molar-refractivity contribution in [1.82, 2.24) is 0 Å². The molecule has 1 aliphatic heterocycles. The zero-order valence-electron chi connectivity index (χ0n) is 6.46. The summed E-state index contributed by atoms with van der Waals surface area (Å²) in [6.07, 6.45) is 0.358. The number of hydrogen-bond acceptors (Lipinski definition) is 2. The first kappa shape index (κ1) is 7.28. The van der Waals surface area contributed by atoms with Gasteiger partial charge >= 0.3 is 0 Å². The standard InChI is InChI=1S/C9H8FNO/c10-11-6-8(12)5-7-3-1-2-4-9(7)11/h1-4H,5-6H2. The minimum absolute atomic E-state index is 0.0730. The maximum atomic E-state index is 13.0. The Morgan fingerprint density at radius 3 is 2.92 bits per heavy atom. The fourth-order valence-corrected chi connectivity index (χ4v) is 1.41. The second kappa shape index (κ2) is 2.59. The number of anilines is 1. The predicted octanol–water partition coefficient (Wildman–Crippen LogP) is 1.50. The highest BCUT2D eigenvalue weighted by molar-refractivity contribution is 5.89. The molecule has 0 bridgehead atoms. The van der Waals surface area contributed by atoms with Gasteiger partial charge in [0.1, 0.15) is 6.54 Å². The van der Waals surface area contributed by atoms with E-state index in [2.05, 4.69) is 0 Å². The molecule has 2 rings (SSSR count). The lowest BCUT2D eigenvalue weighted by molar-refractivity contribution is -0.117. The number of carbonyl (C=O) groups is 1. The van der Waals surface area contributed by atoms with Crippen LogP contribution in [0.1, 0.15) is 5.56 Å². The molecule has 12 heavy (non-hydrogen) atoms. The van der Waals surface area contributed by atoms with Crippen LogP contribution in [0, 0.1) is 0 Å². The lowest BCUT2D eigenvalue weighted by Gasteiger charge is -2.21. The van der Waals surface area contributed by atoms with Gasteiger partial charge in [0.25, 0.3) is 0 Å².